The molecule has 1 N–H and O–H groups in total. The van der Waals surface area contributed by atoms with E-state index in [1.54, 1.807) is 30.3 Å². The maximum absolute atomic E-state index is 13.3. The summed E-state index contributed by atoms with van der Waals surface area (Å²) in [6.07, 6.45) is 1.99. The molecule has 0 amide bonds. The number of carbonyl (C=O) groups excluding carboxylic acids is 1. The second kappa shape index (κ2) is 10.3. The van der Waals surface area contributed by atoms with Crippen LogP contribution < -0.4 is 0 Å². The molecule has 2 aliphatic rings. The number of carboxylic acids is 1. The first-order chi connectivity index (χ1) is 15.8. The van der Waals surface area contributed by atoms with Crippen LogP contribution in [-0.4, -0.2) is 47.4 Å². The quantitative estimate of drug-likeness (QED) is 0.553. The second-order valence-electron chi connectivity index (χ2n) is 7.81. The molecular weight excluding hydrogens is 471 g/mol. The van der Waals surface area contributed by atoms with Gasteiger partial charge in [0.2, 0.25) is 0 Å². The summed E-state index contributed by atoms with van der Waals surface area (Å²) in [6.45, 7) is 0.196. The smallest absolute Gasteiger partial charge is 0.338 e. The first-order valence-electron chi connectivity index (χ1n) is 10.4. The van der Waals surface area contributed by atoms with Crippen LogP contribution in [0, 0.1) is 5.82 Å². The molecule has 33 heavy (non-hydrogen) atoms. The number of esters is 1. The second-order valence-corrected chi connectivity index (χ2v) is 9.40. The lowest BCUT2D eigenvalue weighted by Crippen LogP contribution is -2.37. The van der Waals surface area contributed by atoms with E-state index in [1.807, 2.05) is 6.07 Å². The van der Waals surface area contributed by atoms with Gasteiger partial charge < -0.3 is 19.3 Å². The van der Waals surface area contributed by atoms with Crippen LogP contribution in [0.4, 0.5) is 4.39 Å². The lowest BCUT2D eigenvalue weighted by atomic mass is 9.94. The van der Waals surface area contributed by atoms with Gasteiger partial charge in [0.05, 0.1) is 17.7 Å². The third-order valence-electron chi connectivity index (χ3n) is 5.47. The van der Waals surface area contributed by atoms with E-state index >= 15 is 0 Å². The lowest BCUT2D eigenvalue weighted by Gasteiger charge is -2.33. The number of rotatable bonds is 7. The molecule has 1 aliphatic carbocycles. The van der Waals surface area contributed by atoms with Gasteiger partial charge in [0.25, 0.3) is 0 Å². The van der Waals surface area contributed by atoms with Crippen molar-refractivity contribution in [1.82, 2.24) is 0 Å². The van der Waals surface area contributed by atoms with E-state index in [9.17, 15) is 19.1 Å². The number of halogens is 2. The van der Waals surface area contributed by atoms with E-state index in [1.165, 1.54) is 30.0 Å². The van der Waals surface area contributed by atoms with E-state index in [2.05, 4.69) is 0 Å². The van der Waals surface area contributed by atoms with Crippen molar-refractivity contribution in [3.63, 3.8) is 0 Å². The van der Waals surface area contributed by atoms with E-state index in [4.69, 9.17) is 25.8 Å². The van der Waals surface area contributed by atoms with Crippen molar-refractivity contribution in [1.29, 1.82) is 0 Å². The van der Waals surface area contributed by atoms with Crippen LogP contribution in [0.2, 0.25) is 5.02 Å². The van der Waals surface area contributed by atoms with Gasteiger partial charge in [0.1, 0.15) is 18.5 Å². The fraction of sp³-hybridized carbons (Fsp3) is 0.333. The van der Waals surface area contributed by atoms with Crippen LogP contribution in [-0.2, 0) is 24.8 Å². The molecule has 1 fully saturated rings. The van der Waals surface area contributed by atoms with E-state index in [0.29, 0.717) is 29.2 Å². The highest BCUT2D eigenvalue weighted by atomic mass is 35.5. The van der Waals surface area contributed by atoms with Gasteiger partial charge in [-0.05, 0) is 42.3 Å². The van der Waals surface area contributed by atoms with Gasteiger partial charge in [0.15, 0.2) is 5.79 Å². The summed E-state index contributed by atoms with van der Waals surface area (Å²) >= 11 is 7.52. The molecule has 1 spiro atoms. The number of ether oxygens (including phenoxy) is 3. The average Bonchev–Trinajstić information content (AvgIpc) is 3.20. The summed E-state index contributed by atoms with van der Waals surface area (Å²) in [5, 5.41) is 9.79. The number of carbonyl (C=O) groups is 2. The molecule has 2 aromatic rings. The van der Waals surface area contributed by atoms with Crippen molar-refractivity contribution in [3.8, 4) is 0 Å². The number of hydrogen-bond donors (Lipinski definition) is 1. The standard InChI is InChI=1S/C24H22ClFO6S/c25-20-10-17(26)7-6-16(20)14-33-21-8-9-24(11-19(21)22(27)28)31-13-18(32-24)12-30-23(29)15-4-2-1-3-5-15/h1-7,10-11,18,21H,8-9,12-14H2,(H,27,28)/t18-,21?,24?/m1/s1. The van der Waals surface area contributed by atoms with Gasteiger partial charge in [-0.3, -0.25) is 0 Å². The van der Waals surface area contributed by atoms with Crippen molar-refractivity contribution in [2.75, 3.05) is 13.2 Å². The highest BCUT2D eigenvalue weighted by Crippen LogP contribution is 2.41. The SMILES string of the molecule is O=C(O)C1=CC2(CCC1SCc1ccc(F)cc1Cl)OC[C@@H](COC(=O)c1ccccc1)O2. The Morgan fingerprint density at radius 2 is 2.03 bits per heavy atom. The molecule has 174 valence electrons. The van der Waals surface area contributed by atoms with Crippen molar-refractivity contribution in [2.24, 2.45) is 0 Å². The van der Waals surface area contributed by atoms with E-state index < -0.39 is 29.6 Å². The minimum absolute atomic E-state index is 0.00691. The molecule has 0 aromatic heterocycles. The minimum atomic E-state index is -1.15. The molecule has 4 rings (SSSR count). The molecule has 1 heterocycles. The molecule has 0 saturated carbocycles. The maximum Gasteiger partial charge on any atom is 0.338 e. The largest absolute Gasteiger partial charge is 0.478 e. The fourth-order valence-corrected chi connectivity index (χ4v) is 5.37. The highest BCUT2D eigenvalue weighted by molar-refractivity contribution is 7.99. The molecule has 0 bridgehead atoms. The van der Waals surface area contributed by atoms with Crippen molar-refractivity contribution >= 4 is 35.3 Å². The third-order valence-corrected chi connectivity index (χ3v) is 7.19. The molecule has 2 aromatic carbocycles. The molecule has 2 unspecified atom stereocenters. The number of thioether (sulfide) groups is 1. The molecule has 3 atom stereocenters. The van der Waals surface area contributed by atoms with E-state index in [0.717, 1.165) is 5.56 Å². The van der Waals surface area contributed by atoms with Crippen LogP contribution in [0.1, 0.15) is 28.8 Å². The monoisotopic (exact) mass is 492 g/mol. The van der Waals surface area contributed by atoms with Crippen LogP contribution in [0.3, 0.4) is 0 Å². The van der Waals surface area contributed by atoms with Crippen LogP contribution in [0.25, 0.3) is 0 Å². The van der Waals surface area contributed by atoms with E-state index in [-0.39, 0.29) is 24.0 Å². The summed E-state index contributed by atoms with van der Waals surface area (Å²) in [5.74, 6) is -2.63. The lowest BCUT2D eigenvalue weighted by molar-refractivity contribution is -0.146. The Kier molecular flexibility index (Phi) is 7.38. The summed E-state index contributed by atoms with van der Waals surface area (Å²) in [5.41, 5.74) is 1.37. The molecule has 0 radical (unpaired) electrons. The Bertz CT molecular complexity index is 1060. The predicted molar refractivity (Wildman–Crippen MR) is 122 cm³/mol. The van der Waals surface area contributed by atoms with Gasteiger partial charge in [-0.15, -0.1) is 11.8 Å². The van der Waals surface area contributed by atoms with Crippen LogP contribution in [0.5, 0.6) is 0 Å². The normalized spacial score (nSPS) is 24.5. The third kappa shape index (κ3) is 5.76. The summed E-state index contributed by atoms with van der Waals surface area (Å²) in [7, 11) is 0. The average molecular weight is 493 g/mol. The number of aliphatic carboxylic acids is 1. The molecule has 1 aliphatic heterocycles. The van der Waals surface area contributed by atoms with Gasteiger partial charge >= 0.3 is 11.9 Å². The number of carboxylic acid groups (broad SMARTS) is 1. The number of hydrogen-bond acceptors (Lipinski definition) is 6. The molecule has 1 saturated heterocycles. The van der Waals surface area contributed by atoms with Crippen molar-refractivity contribution < 1.29 is 33.3 Å². The Morgan fingerprint density at radius 3 is 2.76 bits per heavy atom. The summed E-state index contributed by atoms with van der Waals surface area (Å²) < 4.78 is 30.4. The Hall–Kier alpha value is -2.39. The van der Waals surface area contributed by atoms with Gasteiger partial charge in [0, 0.05) is 22.4 Å². The zero-order valence-corrected chi connectivity index (χ0v) is 19.1. The van der Waals surface area contributed by atoms with Crippen LogP contribution in [0.15, 0.2) is 60.2 Å². The maximum atomic E-state index is 13.3. The molecule has 6 nitrogen and oxygen atoms in total. The molecular formula is C24H22ClFO6S. The Labute approximate surface area is 199 Å². The Morgan fingerprint density at radius 1 is 1.24 bits per heavy atom. The van der Waals surface area contributed by atoms with Crippen molar-refractivity contribution in [2.45, 2.75) is 35.7 Å². The van der Waals surface area contributed by atoms with Crippen LogP contribution >= 0.6 is 23.4 Å². The molecule has 9 heteroatoms. The first kappa shape index (κ1) is 23.8. The fourth-order valence-electron chi connectivity index (χ4n) is 3.79. The van der Waals surface area contributed by atoms with Gasteiger partial charge in [-0.1, -0.05) is 35.9 Å². The zero-order valence-electron chi connectivity index (χ0n) is 17.5. The predicted octanol–water partition coefficient (Wildman–Crippen LogP) is 4.85. The highest BCUT2D eigenvalue weighted by Gasteiger charge is 2.45. The number of benzene rings is 2. The summed E-state index contributed by atoms with van der Waals surface area (Å²) in [6, 6.07) is 12.8. The topological polar surface area (TPSA) is 82.1 Å². The minimum Gasteiger partial charge on any atom is -0.478 e. The summed E-state index contributed by atoms with van der Waals surface area (Å²) in [4.78, 5) is 24.1. The zero-order chi connectivity index (χ0) is 23.4. The van der Waals surface area contributed by atoms with Gasteiger partial charge in [-0.25, -0.2) is 14.0 Å². The van der Waals surface area contributed by atoms with Gasteiger partial charge in [-0.2, -0.15) is 0 Å². The Balaban J connectivity index is 1.37. The van der Waals surface area contributed by atoms with Crippen molar-refractivity contribution in [3.05, 3.63) is 82.1 Å². The first-order valence-corrected chi connectivity index (χ1v) is 11.8.